The van der Waals surface area contributed by atoms with E-state index in [0.717, 1.165) is 16.5 Å². The van der Waals surface area contributed by atoms with Crippen molar-refractivity contribution in [3.8, 4) is 0 Å². The number of aromatic nitrogens is 1. The SMILES string of the molecule is CC(C)[C@H]1CO[C@H](O)N1C(=O)[C@@H](NC(=O)OC(C)(C)C)C(C)(C)c1cn(C)c2ccccc12. The van der Waals surface area contributed by atoms with E-state index in [4.69, 9.17) is 9.47 Å². The Labute approximate surface area is 195 Å². The lowest BCUT2D eigenvalue weighted by Crippen LogP contribution is -2.60. The Morgan fingerprint density at radius 1 is 1.18 bits per heavy atom. The largest absolute Gasteiger partial charge is 0.444 e. The summed E-state index contributed by atoms with van der Waals surface area (Å²) >= 11 is 0. The second kappa shape index (κ2) is 8.99. The molecule has 2 N–H and O–H groups in total. The number of aliphatic hydroxyl groups excluding tert-OH is 1. The van der Waals surface area contributed by atoms with Gasteiger partial charge in [0.1, 0.15) is 11.6 Å². The molecule has 2 heterocycles. The highest BCUT2D eigenvalue weighted by molar-refractivity contribution is 5.91. The van der Waals surface area contributed by atoms with Crippen molar-refractivity contribution >= 4 is 22.9 Å². The molecular weight excluding hydrogens is 422 g/mol. The van der Waals surface area contributed by atoms with Gasteiger partial charge in [0.15, 0.2) is 0 Å². The minimum atomic E-state index is -1.36. The number of carbonyl (C=O) groups excluding carboxylic acids is 2. The quantitative estimate of drug-likeness (QED) is 0.714. The summed E-state index contributed by atoms with van der Waals surface area (Å²) in [5, 5.41) is 14.3. The fraction of sp³-hybridized carbons (Fsp3) is 0.600. The third kappa shape index (κ3) is 5.01. The Kier molecular flexibility index (Phi) is 6.82. The maximum absolute atomic E-state index is 13.9. The van der Waals surface area contributed by atoms with Crippen LogP contribution in [0.25, 0.3) is 10.9 Å². The number of carbonyl (C=O) groups is 2. The molecule has 1 aliphatic heterocycles. The van der Waals surface area contributed by atoms with Crippen LogP contribution in [0.5, 0.6) is 0 Å². The summed E-state index contributed by atoms with van der Waals surface area (Å²) in [4.78, 5) is 28.1. The van der Waals surface area contributed by atoms with E-state index in [2.05, 4.69) is 5.32 Å². The van der Waals surface area contributed by atoms with Gasteiger partial charge in [-0.3, -0.25) is 9.69 Å². The number of aryl methyl sites for hydroxylation is 1. The highest BCUT2D eigenvalue weighted by Crippen LogP contribution is 2.36. The van der Waals surface area contributed by atoms with Crippen molar-refractivity contribution in [1.82, 2.24) is 14.8 Å². The van der Waals surface area contributed by atoms with Gasteiger partial charge >= 0.3 is 6.09 Å². The number of hydrogen-bond donors (Lipinski definition) is 2. The zero-order valence-corrected chi connectivity index (χ0v) is 20.9. The van der Waals surface area contributed by atoms with Gasteiger partial charge in [-0.25, -0.2) is 4.79 Å². The number of nitrogens with one attached hydrogen (secondary N) is 1. The molecule has 0 unspecified atom stereocenters. The lowest BCUT2D eigenvalue weighted by molar-refractivity contribution is -0.169. The number of nitrogens with zero attached hydrogens (tertiary/aromatic N) is 2. The highest BCUT2D eigenvalue weighted by atomic mass is 16.6. The molecule has 0 aliphatic carbocycles. The summed E-state index contributed by atoms with van der Waals surface area (Å²) in [6, 6.07) is 6.62. The Morgan fingerprint density at radius 2 is 1.82 bits per heavy atom. The van der Waals surface area contributed by atoms with E-state index in [0.29, 0.717) is 0 Å². The van der Waals surface area contributed by atoms with Crippen molar-refractivity contribution in [1.29, 1.82) is 0 Å². The number of ether oxygens (including phenoxy) is 2. The summed E-state index contributed by atoms with van der Waals surface area (Å²) in [6.07, 6.45) is -0.0699. The molecule has 0 saturated carbocycles. The maximum Gasteiger partial charge on any atom is 0.408 e. The van der Waals surface area contributed by atoms with Crippen molar-refractivity contribution in [2.75, 3.05) is 6.61 Å². The van der Waals surface area contributed by atoms with Crippen LogP contribution in [-0.4, -0.2) is 57.3 Å². The minimum absolute atomic E-state index is 0.0638. The zero-order valence-electron chi connectivity index (χ0n) is 20.9. The van der Waals surface area contributed by atoms with Crippen LogP contribution < -0.4 is 5.32 Å². The Bertz CT molecular complexity index is 1020. The van der Waals surface area contributed by atoms with Crippen LogP contribution in [0.15, 0.2) is 30.5 Å². The van der Waals surface area contributed by atoms with E-state index >= 15 is 0 Å². The topological polar surface area (TPSA) is 93.0 Å². The van der Waals surface area contributed by atoms with Crippen LogP contribution in [0.4, 0.5) is 4.79 Å². The predicted octanol–water partition coefficient (Wildman–Crippen LogP) is 3.51. The van der Waals surface area contributed by atoms with Gasteiger partial charge in [-0.2, -0.15) is 0 Å². The number of hydrogen-bond acceptors (Lipinski definition) is 5. The first-order valence-electron chi connectivity index (χ1n) is 11.4. The molecular formula is C25H37N3O5. The van der Waals surface area contributed by atoms with E-state index in [9.17, 15) is 14.7 Å². The molecule has 8 heteroatoms. The fourth-order valence-electron chi connectivity index (χ4n) is 4.43. The lowest BCUT2D eigenvalue weighted by atomic mass is 9.76. The molecule has 3 rings (SSSR count). The Balaban J connectivity index is 2.07. The second-order valence-corrected chi connectivity index (χ2v) is 10.7. The maximum atomic E-state index is 13.9. The van der Waals surface area contributed by atoms with Gasteiger partial charge in [0.05, 0.1) is 12.6 Å². The molecule has 0 bridgehead atoms. The molecule has 1 saturated heterocycles. The van der Waals surface area contributed by atoms with Crippen molar-refractivity contribution in [3.05, 3.63) is 36.0 Å². The molecule has 33 heavy (non-hydrogen) atoms. The fourth-order valence-corrected chi connectivity index (χ4v) is 4.43. The van der Waals surface area contributed by atoms with Gasteiger partial charge in [-0.1, -0.05) is 45.9 Å². The van der Waals surface area contributed by atoms with Gasteiger partial charge in [-0.15, -0.1) is 0 Å². The molecule has 3 atom stereocenters. The molecule has 182 valence electrons. The van der Waals surface area contributed by atoms with Gasteiger partial charge < -0.3 is 24.5 Å². The average Bonchev–Trinajstić information content (AvgIpc) is 3.25. The summed E-state index contributed by atoms with van der Waals surface area (Å²) in [7, 11) is 1.95. The third-order valence-corrected chi connectivity index (χ3v) is 6.26. The Morgan fingerprint density at radius 3 is 2.42 bits per heavy atom. The van der Waals surface area contributed by atoms with Crippen LogP contribution in [0.2, 0.25) is 0 Å². The standard InChI is InChI=1S/C25H37N3O5/c1-15(2)19-14-32-23(31)28(19)21(29)20(26-22(30)33-24(3,4)5)25(6,7)17-13-27(8)18-12-10-9-11-16(17)18/h9-13,15,19-20,23,31H,14H2,1-8H3,(H,26,30)/t19-,20-,23+/m1/s1. The first-order valence-corrected chi connectivity index (χ1v) is 11.4. The number of rotatable bonds is 5. The van der Waals surface area contributed by atoms with E-state index in [1.54, 1.807) is 20.8 Å². The van der Waals surface area contributed by atoms with E-state index < -0.39 is 35.5 Å². The summed E-state index contributed by atoms with van der Waals surface area (Å²) in [5.74, 6) is -0.351. The number of para-hydroxylation sites is 1. The van der Waals surface area contributed by atoms with Gasteiger partial charge in [0.25, 0.3) is 0 Å². The van der Waals surface area contributed by atoms with Crippen LogP contribution in [0.1, 0.15) is 54.0 Å². The molecule has 0 spiro atoms. The van der Waals surface area contributed by atoms with Crippen LogP contribution >= 0.6 is 0 Å². The second-order valence-electron chi connectivity index (χ2n) is 10.7. The van der Waals surface area contributed by atoms with Crippen molar-refractivity contribution < 1.29 is 24.2 Å². The lowest BCUT2D eigenvalue weighted by Gasteiger charge is -2.39. The van der Waals surface area contributed by atoms with E-state index in [-0.39, 0.29) is 18.6 Å². The number of fused-ring (bicyclic) bond motifs is 1. The van der Waals surface area contributed by atoms with Crippen molar-refractivity contribution in [3.63, 3.8) is 0 Å². The summed E-state index contributed by atoms with van der Waals surface area (Å²) in [6.45, 7) is 13.3. The summed E-state index contributed by atoms with van der Waals surface area (Å²) < 4.78 is 12.9. The van der Waals surface area contributed by atoms with Crippen LogP contribution in [0, 0.1) is 5.92 Å². The van der Waals surface area contributed by atoms with Gasteiger partial charge in [-0.05, 0) is 38.3 Å². The molecule has 2 amide bonds. The molecule has 1 fully saturated rings. The zero-order chi connectivity index (χ0) is 24.7. The molecule has 8 nitrogen and oxygen atoms in total. The first-order chi connectivity index (χ1) is 15.2. The number of benzene rings is 1. The monoisotopic (exact) mass is 459 g/mol. The third-order valence-electron chi connectivity index (χ3n) is 6.26. The number of aliphatic hydroxyl groups is 1. The molecule has 1 aromatic carbocycles. The van der Waals surface area contributed by atoms with Gasteiger partial charge in [0, 0.05) is 29.6 Å². The summed E-state index contributed by atoms with van der Waals surface area (Å²) in [5.41, 5.74) is 0.371. The molecule has 1 aliphatic rings. The van der Waals surface area contributed by atoms with Crippen molar-refractivity contribution in [2.45, 2.75) is 78.0 Å². The number of amides is 2. The first kappa shape index (κ1) is 25.1. The van der Waals surface area contributed by atoms with Crippen LogP contribution in [-0.2, 0) is 26.7 Å². The van der Waals surface area contributed by atoms with E-state index in [1.807, 2.05) is 69.8 Å². The van der Waals surface area contributed by atoms with Crippen molar-refractivity contribution in [2.24, 2.45) is 13.0 Å². The normalized spacial score (nSPS) is 20.4. The molecule has 1 aromatic heterocycles. The molecule has 2 aromatic rings. The minimum Gasteiger partial charge on any atom is -0.444 e. The average molecular weight is 460 g/mol. The van der Waals surface area contributed by atoms with Gasteiger partial charge in [0.2, 0.25) is 12.3 Å². The highest BCUT2D eigenvalue weighted by Gasteiger charge is 2.48. The molecule has 0 radical (unpaired) electrons. The number of alkyl carbamates (subject to hydrolysis) is 1. The van der Waals surface area contributed by atoms with Crippen LogP contribution in [0.3, 0.4) is 0 Å². The smallest absolute Gasteiger partial charge is 0.408 e. The predicted molar refractivity (Wildman–Crippen MR) is 127 cm³/mol. The Hall–Kier alpha value is -2.58. The van der Waals surface area contributed by atoms with E-state index in [1.165, 1.54) is 4.90 Å².